The zero-order valence-electron chi connectivity index (χ0n) is 17.1. The van der Waals surface area contributed by atoms with E-state index in [2.05, 4.69) is 23.7 Å². The van der Waals surface area contributed by atoms with Gasteiger partial charge in [-0.1, -0.05) is 48.9 Å². The number of anilines is 1. The van der Waals surface area contributed by atoms with E-state index in [-0.39, 0.29) is 16.4 Å². The molecule has 0 saturated heterocycles. The van der Waals surface area contributed by atoms with Crippen molar-refractivity contribution in [3.8, 4) is 0 Å². The lowest BCUT2D eigenvalue weighted by Gasteiger charge is -2.25. The van der Waals surface area contributed by atoms with Gasteiger partial charge in [0.05, 0.1) is 20.7 Å². The molecule has 0 aliphatic rings. The Hall–Kier alpha value is -2.00. The summed E-state index contributed by atoms with van der Waals surface area (Å²) in [5.74, 6) is -0.381. The van der Waals surface area contributed by atoms with Gasteiger partial charge < -0.3 is 4.90 Å². The Morgan fingerprint density at radius 1 is 1.10 bits per heavy atom. The number of halogens is 1. The number of nitrogens with zero attached hydrogens (tertiary/aromatic N) is 3. The Morgan fingerprint density at radius 2 is 1.80 bits per heavy atom. The predicted octanol–water partition coefficient (Wildman–Crippen LogP) is 4.34. The number of carbonyl (C=O) groups excluding carboxylic acids is 1. The molecule has 0 fully saturated rings. The van der Waals surface area contributed by atoms with E-state index in [0.29, 0.717) is 23.2 Å². The molecule has 1 aromatic heterocycles. The van der Waals surface area contributed by atoms with E-state index in [1.807, 2.05) is 12.1 Å². The largest absolute Gasteiger partial charge is 0.302 e. The maximum Gasteiger partial charge on any atom is 0.261 e. The summed E-state index contributed by atoms with van der Waals surface area (Å²) < 4.78 is 25.4. The molecule has 0 radical (unpaired) electrons. The molecule has 0 unspecified atom stereocenters. The van der Waals surface area contributed by atoms with Gasteiger partial charge in [-0.25, -0.2) is 13.4 Å². The maximum atomic E-state index is 13.5. The molecule has 0 saturated carbocycles. The lowest BCUT2D eigenvalue weighted by Crippen LogP contribution is -2.39. The minimum Gasteiger partial charge on any atom is -0.302 e. The third-order valence-electron chi connectivity index (χ3n) is 4.87. The zero-order chi connectivity index (χ0) is 21.9. The number of amides is 1. The van der Waals surface area contributed by atoms with Crippen LogP contribution in [0.5, 0.6) is 0 Å². The normalized spacial score (nSPS) is 11.9. The summed E-state index contributed by atoms with van der Waals surface area (Å²) >= 11 is 7.47. The second-order valence-electron chi connectivity index (χ2n) is 6.86. The molecule has 1 amide bonds. The van der Waals surface area contributed by atoms with Crippen LogP contribution < -0.4 is 4.90 Å². The minimum absolute atomic E-state index is 0.0204. The fourth-order valence-electron chi connectivity index (χ4n) is 3.18. The van der Waals surface area contributed by atoms with Crippen LogP contribution >= 0.6 is 22.9 Å². The Labute approximate surface area is 186 Å². The van der Waals surface area contributed by atoms with Gasteiger partial charge >= 0.3 is 0 Å². The molecule has 30 heavy (non-hydrogen) atoms. The summed E-state index contributed by atoms with van der Waals surface area (Å²) in [6.45, 7) is 6.88. The van der Waals surface area contributed by atoms with Gasteiger partial charge in [0.25, 0.3) is 5.91 Å². The molecule has 0 spiro atoms. The third kappa shape index (κ3) is 5.00. The second kappa shape index (κ2) is 9.43. The van der Waals surface area contributed by atoms with Gasteiger partial charge in [-0.3, -0.25) is 9.69 Å². The average Bonchev–Trinajstić information content (AvgIpc) is 3.13. The molecule has 2 aromatic carbocycles. The van der Waals surface area contributed by atoms with Crippen LogP contribution in [-0.4, -0.2) is 56.6 Å². The van der Waals surface area contributed by atoms with Crippen LogP contribution in [0, 0.1) is 0 Å². The first-order valence-electron chi connectivity index (χ1n) is 9.64. The zero-order valence-corrected chi connectivity index (χ0v) is 19.5. The molecule has 3 aromatic rings. The standard InChI is InChI=1S/C21H24ClN3O3S2/c1-4-24(5-2)12-13-25(21-23-17-11-10-15(22)14-18(17)29-21)20(26)16-8-6-7-9-19(16)30(3,27)28/h6-11,14H,4-5,12-13H2,1-3H3. The van der Waals surface area contributed by atoms with Crippen molar-refractivity contribution in [3.63, 3.8) is 0 Å². The molecule has 1 heterocycles. The van der Waals surface area contributed by atoms with E-state index >= 15 is 0 Å². The first-order valence-corrected chi connectivity index (χ1v) is 12.7. The highest BCUT2D eigenvalue weighted by Crippen LogP contribution is 2.32. The van der Waals surface area contributed by atoms with Crippen molar-refractivity contribution < 1.29 is 13.2 Å². The van der Waals surface area contributed by atoms with Crippen LogP contribution in [0.25, 0.3) is 10.2 Å². The van der Waals surface area contributed by atoms with Crippen molar-refractivity contribution >= 4 is 54.0 Å². The fourth-order valence-corrected chi connectivity index (χ4v) is 5.33. The van der Waals surface area contributed by atoms with E-state index in [4.69, 9.17) is 11.6 Å². The lowest BCUT2D eigenvalue weighted by atomic mass is 10.2. The molecular weight excluding hydrogens is 442 g/mol. The van der Waals surface area contributed by atoms with Gasteiger partial charge in [0, 0.05) is 24.4 Å². The molecule has 0 bridgehead atoms. The summed E-state index contributed by atoms with van der Waals surface area (Å²) in [4.78, 5) is 21.9. The van der Waals surface area contributed by atoms with E-state index in [9.17, 15) is 13.2 Å². The van der Waals surface area contributed by atoms with Crippen LogP contribution in [0.1, 0.15) is 24.2 Å². The first-order chi connectivity index (χ1) is 14.2. The molecule has 6 nitrogen and oxygen atoms in total. The van der Waals surface area contributed by atoms with Crippen molar-refractivity contribution in [3.05, 3.63) is 53.1 Å². The van der Waals surface area contributed by atoms with E-state index in [1.54, 1.807) is 29.2 Å². The molecule has 9 heteroatoms. The van der Waals surface area contributed by atoms with E-state index in [0.717, 1.165) is 29.6 Å². The van der Waals surface area contributed by atoms with Crippen LogP contribution in [-0.2, 0) is 9.84 Å². The highest BCUT2D eigenvalue weighted by atomic mass is 35.5. The van der Waals surface area contributed by atoms with Gasteiger partial charge in [0.2, 0.25) is 0 Å². The Bertz CT molecular complexity index is 1160. The van der Waals surface area contributed by atoms with Gasteiger partial charge in [-0.15, -0.1) is 0 Å². The monoisotopic (exact) mass is 465 g/mol. The van der Waals surface area contributed by atoms with E-state index < -0.39 is 9.84 Å². The highest BCUT2D eigenvalue weighted by Gasteiger charge is 2.26. The number of aromatic nitrogens is 1. The molecular formula is C21H24ClN3O3S2. The number of sulfone groups is 1. The Balaban J connectivity index is 2.06. The summed E-state index contributed by atoms with van der Waals surface area (Å²) in [6.07, 6.45) is 1.11. The maximum absolute atomic E-state index is 13.5. The summed E-state index contributed by atoms with van der Waals surface area (Å²) in [5, 5.41) is 1.12. The lowest BCUT2D eigenvalue weighted by molar-refractivity contribution is 0.0980. The number of hydrogen-bond donors (Lipinski definition) is 0. The summed E-state index contributed by atoms with van der Waals surface area (Å²) in [7, 11) is -3.56. The quantitative estimate of drug-likeness (QED) is 0.494. The number of likely N-dealkylation sites (N-methyl/N-ethyl adjacent to an activating group) is 1. The van der Waals surface area contributed by atoms with Gasteiger partial charge in [-0.2, -0.15) is 0 Å². The summed E-state index contributed by atoms with van der Waals surface area (Å²) in [5.41, 5.74) is 0.897. The Kier molecular flexibility index (Phi) is 7.13. The van der Waals surface area contributed by atoms with Crippen LogP contribution in [0.3, 0.4) is 0 Å². The second-order valence-corrected chi connectivity index (χ2v) is 10.3. The number of carbonyl (C=O) groups is 1. The fraction of sp³-hybridized carbons (Fsp3) is 0.333. The van der Waals surface area contributed by atoms with Gasteiger partial charge in [0.1, 0.15) is 0 Å². The first kappa shape index (κ1) is 22.7. The average molecular weight is 466 g/mol. The van der Waals surface area contributed by atoms with Crippen molar-refractivity contribution in [1.29, 1.82) is 0 Å². The number of hydrogen-bond acceptors (Lipinski definition) is 6. The van der Waals surface area contributed by atoms with Crippen LogP contribution in [0.2, 0.25) is 5.02 Å². The topological polar surface area (TPSA) is 70.6 Å². The minimum atomic E-state index is -3.56. The van der Waals surface area contributed by atoms with Crippen molar-refractivity contribution in [2.24, 2.45) is 0 Å². The SMILES string of the molecule is CCN(CC)CCN(C(=O)c1ccccc1S(C)(=O)=O)c1nc2ccc(Cl)cc2s1. The van der Waals surface area contributed by atoms with Crippen LogP contribution in [0.4, 0.5) is 5.13 Å². The third-order valence-corrected chi connectivity index (χ3v) is 7.30. The predicted molar refractivity (Wildman–Crippen MR) is 124 cm³/mol. The number of benzene rings is 2. The number of thiazole rings is 1. The van der Waals surface area contributed by atoms with Crippen molar-refractivity contribution in [2.45, 2.75) is 18.7 Å². The number of rotatable bonds is 8. The molecule has 0 atom stereocenters. The van der Waals surface area contributed by atoms with Crippen molar-refractivity contribution in [2.75, 3.05) is 37.3 Å². The molecule has 160 valence electrons. The molecule has 0 aliphatic heterocycles. The Morgan fingerprint density at radius 3 is 2.47 bits per heavy atom. The van der Waals surface area contributed by atoms with Crippen LogP contribution in [0.15, 0.2) is 47.4 Å². The van der Waals surface area contributed by atoms with Crippen molar-refractivity contribution in [1.82, 2.24) is 9.88 Å². The smallest absolute Gasteiger partial charge is 0.261 e. The van der Waals surface area contributed by atoms with Gasteiger partial charge in [0.15, 0.2) is 15.0 Å². The number of fused-ring (bicyclic) bond motifs is 1. The molecule has 0 aliphatic carbocycles. The van der Waals surface area contributed by atoms with Gasteiger partial charge in [-0.05, 0) is 43.4 Å². The molecule has 3 rings (SSSR count). The molecule has 0 N–H and O–H groups in total. The van der Waals surface area contributed by atoms with E-state index in [1.165, 1.54) is 17.4 Å². The summed E-state index contributed by atoms with van der Waals surface area (Å²) in [6, 6.07) is 11.7. The highest BCUT2D eigenvalue weighted by molar-refractivity contribution is 7.90.